The summed E-state index contributed by atoms with van der Waals surface area (Å²) in [5.41, 5.74) is 0. The van der Waals surface area contributed by atoms with Crippen LogP contribution in [0.25, 0.3) is 0 Å². The van der Waals surface area contributed by atoms with Gasteiger partial charge in [0.25, 0.3) is 0 Å². The molecule has 1 saturated carbocycles. The molecule has 3 aliphatic rings. The Balaban J connectivity index is 1.75. The third-order valence-electron chi connectivity index (χ3n) is 5.23. The zero-order valence-corrected chi connectivity index (χ0v) is 11.8. The Morgan fingerprint density at radius 2 is 1.75 bits per heavy atom. The fourth-order valence-corrected chi connectivity index (χ4v) is 4.10. The van der Waals surface area contributed by atoms with E-state index in [1.165, 1.54) is 0 Å². The van der Waals surface area contributed by atoms with Crippen molar-refractivity contribution in [3.05, 3.63) is 12.2 Å². The topological polar surface area (TPSA) is 69.6 Å². The number of hydrogen-bond acceptors (Lipinski definition) is 3. The summed E-state index contributed by atoms with van der Waals surface area (Å²) in [6.07, 6.45) is 6.77. The maximum absolute atomic E-state index is 12.8. The van der Waals surface area contributed by atoms with Crippen LogP contribution in [0.3, 0.4) is 0 Å². The summed E-state index contributed by atoms with van der Waals surface area (Å²) in [4.78, 5) is 26.1. The number of carbonyl (C=O) groups excluding carboxylic acids is 1. The van der Waals surface area contributed by atoms with Gasteiger partial charge in [0, 0.05) is 13.1 Å². The molecular formula is C15H22N2O3. The van der Waals surface area contributed by atoms with Crippen LogP contribution < -0.4 is 5.32 Å². The van der Waals surface area contributed by atoms with Crippen molar-refractivity contribution in [3.8, 4) is 0 Å². The number of rotatable bonds is 3. The van der Waals surface area contributed by atoms with E-state index >= 15 is 0 Å². The molecule has 0 aromatic heterocycles. The highest BCUT2D eigenvalue weighted by Gasteiger charge is 2.52. The van der Waals surface area contributed by atoms with Gasteiger partial charge in [-0.2, -0.15) is 0 Å². The lowest BCUT2D eigenvalue weighted by Gasteiger charge is -2.35. The molecular weight excluding hydrogens is 256 g/mol. The Hall–Kier alpha value is -1.36. The third kappa shape index (κ3) is 2.14. The van der Waals surface area contributed by atoms with E-state index in [4.69, 9.17) is 0 Å². The number of aliphatic carboxylic acids is 1. The van der Waals surface area contributed by atoms with Crippen LogP contribution >= 0.6 is 0 Å². The van der Waals surface area contributed by atoms with E-state index in [9.17, 15) is 14.7 Å². The first kappa shape index (κ1) is 13.6. The molecule has 1 amide bonds. The van der Waals surface area contributed by atoms with Crippen LogP contribution in [0.4, 0.5) is 0 Å². The van der Waals surface area contributed by atoms with E-state index < -0.39 is 11.9 Å². The minimum atomic E-state index is -0.820. The van der Waals surface area contributed by atoms with Gasteiger partial charge < -0.3 is 15.3 Å². The normalized spacial score (nSPS) is 36.2. The SMILES string of the molecule is CN(C(=O)[C@H]1C2C=CC(C2)[C@H]1C(=O)O)C1CCNCC1. The van der Waals surface area contributed by atoms with Gasteiger partial charge in [-0.15, -0.1) is 0 Å². The van der Waals surface area contributed by atoms with Gasteiger partial charge in [0.15, 0.2) is 0 Å². The van der Waals surface area contributed by atoms with Crippen molar-refractivity contribution in [2.45, 2.75) is 25.3 Å². The lowest BCUT2D eigenvalue weighted by molar-refractivity contribution is -0.151. The Bertz CT molecular complexity index is 442. The molecule has 2 fully saturated rings. The van der Waals surface area contributed by atoms with E-state index in [0.717, 1.165) is 32.4 Å². The van der Waals surface area contributed by atoms with Gasteiger partial charge in [-0.1, -0.05) is 12.2 Å². The number of hydrogen-bond donors (Lipinski definition) is 2. The van der Waals surface area contributed by atoms with Gasteiger partial charge in [0.2, 0.25) is 5.91 Å². The fourth-order valence-electron chi connectivity index (χ4n) is 4.10. The highest BCUT2D eigenvalue weighted by Crippen LogP contribution is 2.48. The molecule has 5 heteroatoms. The maximum atomic E-state index is 12.8. The summed E-state index contributed by atoms with van der Waals surface area (Å²) < 4.78 is 0. The predicted octanol–water partition coefficient (Wildman–Crippen LogP) is 0.720. The standard InChI is InChI=1S/C15H22N2O3/c1-17(11-4-6-16-7-5-11)14(18)12-9-2-3-10(8-9)13(12)15(19)20/h2-3,9-13,16H,4-8H2,1H3,(H,19,20)/t9?,10?,12-,13+/m0/s1. The van der Waals surface area contributed by atoms with Crippen molar-refractivity contribution in [3.63, 3.8) is 0 Å². The smallest absolute Gasteiger partial charge is 0.307 e. The second-order valence-corrected chi connectivity index (χ2v) is 6.27. The van der Waals surface area contributed by atoms with Gasteiger partial charge in [-0.25, -0.2) is 0 Å². The maximum Gasteiger partial charge on any atom is 0.307 e. The molecule has 0 spiro atoms. The van der Waals surface area contributed by atoms with Gasteiger partial charge in [0.1, 0.15) is 0 Å². The second kappa shape index (κ2) is 5.20. The summed E-state index contributed by atoms with van der Waals surface area (Å²) in [6, 6.07) is 0.251. The Morgan fingerprint density at radius 3 is 2.35 bits per heavy atom. The van der Waals surface area contributed by atoms with Crippen molar-refractivity contribution in [2.75, 3.05) is 20.1 Å². The van der Waals surface area contributed by atoms with Crippen LogP contribution in [0.15, 0.2) is 12.2 Å². The zero-order valence-electron chi connectivity index (χ0n) is 11.8. The van der Waals surface area contributed by atoms with Gasteiger partial charge in [-0.05, 0) is 44.2 Å². The summed E-state index contributed by atoms with van der Waals surface area (Å²) in [6.45, 7) is 1.86. The fraction of sp³-hybridized carbons (Fsp3) is 0.733. The molecule has 0 radical (unpaired) electrons. The molecule has 1 saturated heterocycles. The van der Waals surface area contributed by atoms with Crippen molar-refractivity contribution in [2.24, 2.45) is 23.7 Å². The first-order valence-electron chi connectivity index (χ1n) is 7.48. The second-order valence-electron chi connectivity index (χ2n) is 6.27. The lowest BCUT2D eigenvalue weighted by atomic mass is 9.81. The van der Waals surface area contributed by atoms with Gasteiger partial charge in [0.05, 0.1) is 11.8 Å². The largest absolute Gasteiger partial charge is 0.481 e. The molecule has 110 valence electrons. The van der Waals surface area contributed by atoms with Crippen molar-refractivity contribution < 1.29 is 14.7 Å². The van der Waals surface area contributed by atoms with Crippen molar-refractivity contribution >= 4 is 11.9 Å². The van der Waals surface area contributed by atoms with Crippen molar-refractivity contribution in [1.82, 2.24) is 10.2 Å². The molecule has 20 heavy (non-hydrogen) atoms. The molecule has 5 nitrogen and oxygen atoms in total. The number of nitrogens with one attached hydrogen (secondary N) is 1. The number of piperidine rings is 1. The van der Waals surface area contributed by atoms with E-state index in [0.29, 0.717) is 0 Å². The van der Waals surface area contributed by atoms with E-state index in [-0.39, 0.29) is 29.7 Å². The summed E-state index contributed by atoms with van der Waals surface area (Å²) in [5.74, 6) is -1.50. The molecule has 0 aromatic carbocycles. The van der Waals surface area contributed by atoms with Crippen LogP contribution in [0, 0.1) is 23.7 Å². The molecule has 2 bridgehead atoms. The first-order valence-corrected chi connectivity index (χ1v) is 7.48. The number of carboxylic acids is 1. The number of carbonyl (C=O) groups is 2. The monoisotopic (exact) mass is 278 g/mol. The first-order chi connectivity index (χ1) is 9.59. The van der Waals surface area contributed by atoms with Crippen LogP contribution in [0.5, 0.6) is 0 Å². The van der Waals surface area contributed by atoms with Crippen LogP contribution in [-0.4, -0.2) is 48.1 Å². The third-order valence-corrected chi connectivity index (χ3v) is 5.23. The summed E-state index contributed by atoms with van der Waals surface area (Å²) >= 11 is 0. The number of fused-ring (bicyclic) bond motifs is 2. The average molecular weight is 278 g/mol. The molecule has 3 rings (SSSR count). The molecule has 1 aliphatic heterocycles. The summed E-state index contributed by atoms with van der Waals surface area (Å²) in [5, 5.41) is 12.7. The molecule has 1 heterocycles. The van der Waals surface area contributed by atoms with Crippen LogP contribution in [0.2, 0.25) is 0 Å². The minimum Gasteiger partial charge on any atom is -0.481 e. The Labute approximate surface area is 119 Å². The molecule has 0 aromatic rings. The number of carboxylic acid groups (broad SMARTS) is 1. The Kier molecular flexibility index (Phi) is 3.54. The highest BCUT2D eigenvalue weighted by molar-refractivity contribution is 5.87. The van der Waals surface area contributed by atoms with E-state index in [1.807, 2.05) is 24.1 Å². The molecule has 2 N–H and O–H groups in total. The van der Waals surface area contributed by atoms with E-state index in [2.05, 4.69) is 5.32 Å². The molecule has 2 aliphatic carbocycles. The van der Waals surface area contributed by atoms with Crippen LogP contribution in [-0.2, 0) is 9.59 Å². The van der Waals surface area contributed by atoms with Gasteiger partial charge >= 0.3 is 5.97 Å². The molecule has 4 atom stereocenters. The molecule has 2 unspecified atom stereocenters. The van der Waals surface area contributed by atoms with Crippen LogP contribution in [0.1, 0.15) is 19.3 Å². The number of amides is 1. The van der Waals surface area contributed by atoms with Crippen molar-refractivity contribution in [1.29, 1.82) is 0 Å². The predicted molar refractivity (Wildman–Crippen MR) is 74.0 cm³/mol. The number of allylic oxidation sites excluding steroid dienone is 2. The quantitative estimate of drug-likeness (QED) is 0.746. The van der Waals surface area contributed by atoms with Gasteiger partial charge in [-0.3, -0.25) is 9.59 Å². The zero-order chi connectivity index (χ0) is 14.3. The van der Waals surface area contributed by atoms with E-state index in [1.54, 1.807) is 0 Å². The Morgan fingerprint density at radius 1 is 1.15 bits per heavy atom. The summed E-state index contributed by atoms with van der Waals surface area (Å²) in [7, 11) is 1.84. The minimum absolute atomic E-state index is 0.0288. The highest BCUT2D eigenvalue weighted by atomic mass is 16.4. The lowest BCUT2D eigenvalue weighted by Crippen LogP contribution is -2.48. The average Bonchev–Trinajstić information content (AvgIpc) is 3.07. The number of nitrogens with zero attached hydrogens (tertiary/aromatic N) is 1.